The first-order chi connectivity index (χ1) is 10.1. The molecule has 3 rings (SSSR count). The summed E-state index contributed by atoms with van der Waals surface area (Å²) in [6.45, 7) is 1.73. The Labute approximate surface area is 130 Å². The van der Waals surface area contributed by atoms with Crippen molar-refractivity contribution in [3.63, 3.8) is 0 Å². The van der Waals surface area contributed by atoms with Gasteiger partial charge in [0.1, 0.15) is 11.6 Å². The zero-order valence-electron chi connectivity index (χ0n) is 11.2. The molecule has 21 heavy (non-hydrogen) atoms. The fourth-order valence-electron chi connectivity index (χ4n) is 2.50. The number of hydrogen-bond donors (Lipinski definition) is 0. The van der Waals surface area contributed by atoms with E-state index in [-0.39, 0.29) is 10.8 Å². The molecule has 0 saturated heterocycles. The third-order valence-electron chi connectivity index (χ3n) is 3.46. The van der Waals surface area contributed by atoms with E-state index in [9.17, 15) is 9.65 Å². The van der Waals surface area contributed by atoms with E-state index in [1.807, 2.05) is 24.3 Å². The Balaban J connectivity index is 2.41. The molecule has 2 aromatic carbocycles. The zero-order chi connectivity index (χ0) is 15.0. The molecule has 0 saturated carbocycles. The number of hydrogen-bond acceptors (Lipinski definition) is 2. The van der Waals surface area contributed by atoms with Crippen LogP contribution in [0.4, 0.5) is 4.39 Å². The topological polar surface area (TPSA) is 33.0 Å². The summed E-state index contributed by atoms with van der Waals surface area (Å²) in [5.74, 6) is 0.199. The fraction of sp³-hybridized carbons (Fsp3) is 0.118. The Bertz CT molecular complexity index is 792. The van der Waals surface area contributed by atoms with Crippen LogP contribution in [-0.2, 0) is 0 Å². The first-order valence-electron chi connectivity index (χ1n) is 6.42. The number of alkyl halides is 1. The van der Waals surface area contributed by atoms with Crippen LogP contribution in [0.3, 0.4) is 0 Å². The minimum atomic E-state index is -0.355. The van der Waals surface area contributed by atoms with Crippen molar-refractivity contribution in [3.8, 4) is 11.8 Å². The van der Waals surface area contributed by atoms with Gasteiger partial charge in [0.15, 0.2) is 5.01 Å². The van der Waals surface area contributed by atoms with Crippen LogP contribution in [0.5, 0.6) is 5.75 Å². The maximum atomic E-state index is 13.7. The number of benzene rings is 2. The SMILES string of the molecule is CC(C#N)=C1c2cc(F)ccc2OC(Br)c2ccccc21. The van der Waals surface area contributed by atoms with Gasteiger partial charge in [-0.2, -0.15) is 5.26 Å². The van der Waals surface area contributed by atoms with E-state index in [2.05, 4.69) is 22.0 Å². The van der Waals surface area contributed by atoms with E-state index in [4.69, 9.17) is 4.74 Å². The summed E-state index contributed by atoms with van der Waals surface area (Å²) in [6, 6.07) is 14.2. The lowest BCUT2D eigenvalue weighted by atomic mass is 9.91. The molecule has 0 aromatic heterocycles. The van der Waals surface area contributed by atoms with E-state index in [0.29, 0.717) is 22.5 Å². The van der Waals surface area contributed by atoms with Crippen molar-refractivity contribution in [1.82, 2.24) is 0 Å². The van der Waals surface area contributed by atoms with Crippen LogP contribution in [0.15, 0.2) is 48.0 Å². The third-order valence-corrected chi connectivity index (χ3v) is 4.14. The molecule has 0 bridgehead atoms. The lowest BCUT2D eigenvalue weighted by Gasteiger charge is -2.12. The van der Waals surface area contributed by atoms with Crippen molar-refractivity contribution >= 4 is 21.5 Å². The van der Waals surface area contributed by atoms with E-state index >= 15 is 0 Å². The van der Waals surface area contributed by atoms with Gasteiger partial charge in [-0.15, -0.1) is 0 Å². The normalized spacial score (nSPS) is 18.7. The summed E-state index contributed by atoms with van der Waals surface area (Å²) in [4.78, 5) is 0. The van der Waals surface area contributed by atoms with E-state index in [1.54, 1.807) is 13.0 Å². The molecule has 1 atom stereocenters. The standard InChI is InChI=1S/C17H11BrFNO/c1-10(9-20)16-12-4-2-3-5-13(12)17(18)21-15-7-6-11(19)8-14(15)16/h2-8,17H,1H3. The molecule has 0 spiro atoms. The molecule has 4 heteroatoms. The zero-order valence-corrected chi connectivity index (χ0v) is 12.8. The maximum absolute atomic E-state index is 13.7. The van der Waals surface area contributed by atoms with E-state index in [0.717, 1.165) is 11.1 Å². The molecule has 1 aliphatic rings. The first kappa shape index (κ1) is 13.8. The Morgan fingerprint density at radius 1 is 1.24 bits per heavy atom. The van der Waals surface area contributed by atoms with Crippen LogP contribution in [0, 0.1) is 17.1 Å². The summed E-state index contributed by atoms with van der Waals surface area (Å²) < 4.78 is 19.5. The van der Waals surface area contributed by atoms with Gasteiger partial charge in [0.05, 0.1) is 6.07 Å². The smallest absolute Gasteiger partial charge is 0.179 e. The molecular weight excluding hydrogens is 333 g/mol. The van der Waals surface area contributed by atoms with Crippen molar-refractivity contribution in [2.24, 2.45) is 0 Å². The predicted octanol–water partition coefficient (Wildman–Crippen LogP) is 4.96. The summed E-state index contributed by atoms with van der Waals surface area (Å²) in [5.41, 5.74) is 3.63. The van der Waals surface area contributed by atoms with Gasteiger partial charge in [-0.3, -0.25) is 0 Å². The van der Waals surface area contributed by atoms with Crippen LogP contribution in [0.2, 0.25) is 0 Å². The Kier molecular flexibility index (Phi) is 3.52. The summed E-state index contributed by atoms with van der Waals surface area (Å²) in [7, 11) is 0. The molecule has 1 heterocycles. The van der Waals surface area contributed by atoms with Crippen molar-refractivity contribution in [2.75, 3.05) is 0 Å². The van der Waals surface area contributed by atoms with Crippen molar-refractivity contribution < 1.29 is 9.13 Å². The third kappa shape index (κ3) is 2.34. The number of fused-ring (bicyclic) bond motifs is 2. The molecule has 0 fully saturated rings. The highest BCUT2D eigenvalue weighted by Crippen LogP contribution is 2.44. The number of nitriles is 1. The van der Waals surface area contributed by atoms with Gasteiger partial charge in [0, 0.05) is 22.3 Å². The van der Waals surface area contributed by atoms with Gasteiger partial charge in [0.2, 0.25) is 0 Å². The van der Waals surface area contributed by atoms with E-state index in [1.165, 1.54) is 12.1 Å². The molecule has 104 valence electrons. The summed E-state index contributed by atoms with van der Waals surface area (Å²) in [6.07, 6.45) is 0. The van der Waals surface area contributed by atoms with Gasteiger partial charge < -0.3 is 4.74 Å². The summed E-state index contributed by atoms with van der Waals surface area (Å²) in [5, 5.41) is 8.97. The number of allylic oxidation sites excluding steroid dienone is 1. The Morgan fingerprint density at radius 3 is 2.76 bits per heavy atom. The fourth-order valence-corrected chi connectivity index (χ4v) is 3.10. The van der Waals surface area contributed by atoms with Crippen LogP contribution in [0.25, 0.3) is 5.57 Å². The predicted molar refractivity (Wildman–Crippen MR) is 82.4 cm³/mol. The monoisotopic (exact) mass is 343 g/mol. The number of nitrogens with zero attached hydrogens (tertiary/aromatic N) is 1. The average molecular weight is 344 g/mol. The van der Waals surface area contributed by atoms with Gasteiger partial charge in [0.25, 0.3) is 0 Å². The lowest BCUT2D eigenvalue weighted by molar-refractivity contribution is 0.302. The minimum absolute atomic E-state index is 0.345. The highest BCUT2D eigenvalue weighted by atomic mass is 79.9. The summed E-state index contributed by atoms with van der Waals surface area (Å²) >= 11 is 3.50. The van der Waals surface area contributed by atoms with Crippen LogP contribution in [-0.4, -0.2) is 0 Å². The molecule has 0 N–H and O–H groups in total. The second kappa shape index (κ2) is 5.34. The van der Waals surface area contributed by atoms with Gasteiger partial charge in [-0.25, -0.2) is 4.39 Å². The number of halogens is 2. The van der Waals surface area contributed by atoms with Crippen molar-refractivity contribution in [1.29, 1.82) is 5.26 Å². The van der Waals surface area contributed by atoms with E-state index < -0.39 is 0 Å². The second-order valence-electron chi connectivity index (χ2n) is 4.77. The highest BCUT2D eigenvalue weighted by Gasteiger charge is 2.26. The van der Waals surface area contributed by atoms with Crippen molar-refractivity contribution in [3.05, 3.63) is 70.5 Å². The molecule has 1 unspecified atom stereocenters. The molecule has 2 nitrogen and oxygen atoms in total. The quantitative estimate of drug-likeness (QED) is 0.500. The molecule has 0 aliphatic carbocycles. The molecule has 0 amide bonds. The number of rotatable bonds is 0. The minimum Gasteiger partial charge on any atom is -0.474 e. The number of ether oxygens (including phenoxy) is 1. The van der Waals surface area contributed by atoms with Crippen molar-refractivity contribution in [2.45, 2.75) is 11.9 Å². The van der Waals surface area contributed by atoms with Crippen LogP contribution >= 0.6 is 15.9 Å². The largest absolute Gasteiger partial charge is 0.474 e. The highest BCUT2D eigenvalue weighted by molar-refractivity contribution is 9.09. The Morgan fingerprint density at radius 2 is 2.00 bits per heavy atom. The maximum Gasteiger partial charge on any atom is 0.179 e. The van der Waals surface area contributed by atoms with Gasteiger partial charge in [-0.1, -0.05) is 24.3 Å². The lowest BCUT2D eigenvalue weighted by Crippen LogP contribution is -1.99. The molecule has 2 aromatic rings. The van der Waals surface area contributed by atoms with Crippen LogP contribution in [0.1, 0.15) is 28.6 Å². The average Bonchev–Trinajstić information content (AvgIpc) is 2.61. The van der Waals surface area contributed by atoms with Gasteiger partial charge in [-0.05, 0) is 46.6 Å². The van der Waals surface area contributed by atoms with Gasteiger partial charge >= 0.3 is 0 Å². The molecule has 0 radical (unpaired) electrons. The van der Waals surface area contributed by atoms with Crippen LogP contribution < -0.4 is 4.74 Å². The first-order valence-corrected chi connectivity index (χ1v) is 7.34. The molecule has 1 aliphatic heterocycles. The Hall–Kier alpha value is -2.12. The second-order valence-corrected chi connectivity index (χ2v) is 5.61. The molecular formula is C17H11BrFNO.